The van der Waals surface area contributed by atoms with Gasteiger partial charge in [-0.05, 0) is 79.9 Å². The molecule has 3 saturated carbocycles. The minimum absolute atomic E-state index is 0.0337. The number of amides is 2. The zero-order valence-electron chi connectivity index (χ0n) is 18.7. The number of nitrogens with zero attached hydrogens (tertiary/aromatic N) is 1. The van der Waals surface area contributed by atoms with Crippen LogP contribution in [0.1, 0.15) is 52.4 Å². The number of fused-ring (bicyclic) bond motifs is 5. The summed E-state index contributed by atoms with van der Waals surface area (Å²) in [7, 11) is 1.96. The summed E-state index contributed by atoms with van der Waals surface area (Å²) in [6.45, 7) is 4.73. The van der Waals surface area contributed by atoms with Crippen LogP contribution in [0.25, 0.3) is 0 Å². The fourth-order valence-electron chi connectivity index (χ4n) is 7.95. The van der Waals surface area contributed by atoms with E-state index in [1.807, 2.05) is 36.2 Å². The molecule has 0 spiro atoms. The number of rotatable bonds is 2. The van der Waals surface area contributed by atoms with Gasteiger partial charge in [0.25, 0.3) is 0 Å². The van der Waals surface area contributed by atoms with Gasteiger partial charge in [-0.15, -0.1) is 0 Å². The Morgan fingerprint density at radius 1 is 1.10 bits per heavy atom. The van der Waals surface area contributed by atoms with Gasteiger partial charge in [-0.1, -0.05) is 43.7 Å². The third-order valence-electron chi connectivity index (χ3n) is 9.58. The van der Waals surface area contributed by atoms with E-state index in [-0.39, 0.29) is 28.6 Å². The van der Waals surface area contributed by atoms with Crippen molar-refractivity contribution in [3.05, 3.63) is 41.4 Å². The topological polar surface area (TPSA) is 49.4 Å². The zero-order chi connectivity index (χ0) is 22.0. The van der Waals surface area contributed by atoms with Crippen LogP contribution in [-0.2, 0) is 9.59 Å². The first-order valence-electron chi connectivity index (χ1n) is 11.8. The normalized spacial score (nSPS) is 41.4. The monoisotopic (exact) mass is 440 g/mol. The number of likely N-dealkylation sites (N-methyl/N-ethyl adjacent to an activating group) is 1. The molecule has 7 atom stereocenters. The number of carbonyl (C=O) groups excluding carboxylic acids is 2. The highest BCUT2D eigenvalue weighted by Gasteiger charge is 2.61. The quantitative estimate of drug-likeness (QED) is 0.656. The van der Waals surface area contributed by atoms with Gasteiger partial charge in [0.15, 0.2) is 0 Å². The molecule has 1 N–H and O–H groups in total. The zero-order valence-corrected chi connectivity index (χ0v) is 19.5. The standard InChI is InChI=1S/C26H33ClN2O2/c1-25-14-12-18-16(8-11-22-26(18,2)15-13-23(30)29(22)3)17(25)9-10-19(25)24(31)28-21-7-5-4-6-20(21)27/h4-7,13,15-19,22H,8-12,14H2,1-3H3,(H,28,31)/t16-,17-,18-,19+,22?,25-,26+/m0/s1. The van der Waals surface area contributed by atoms with Gasteiger partial charge >= 0.3 is 0 Å². The summed E-state index contributed by atoms with van der Waals surface area (Å²) in [6.07, 6.45) is 10.5. The third-order valence-corrected chi connectivity index (χ3v) is 9.91. The molecule has 0 aromatic heterocycles. The lowest BCUT2D eigenvalue weighted by Crippen LogP contribution is -2.59. The molecular formula is C26H33ClN2O2. The molecule has 1 unspecified atom stereocenters. The molecule has 0 saturated heterocycles. The maximum Gasteiger partial charge on any atom is 0.246 e. The predicted octanol–water partition coefficient (Wildman–Crippen LogP) is 5.53. The highest BCUT2D eigenvalue weighted by molar-refractivity contribution is 6.33. The van der Waals surface area contributed by atoms with Crippen LogP contribution in [0.2, 0.25) is 5.02 Å². The van der Waals surface area contributed by atoms with Crippen molar-refractivity contribution < 1.29 is 9.59 Å². The Bertz CT molecular complexity index is 945. The van der Waals surface area contributed by atoms with Crippen LogP contribution in [0.15, 0.2) is 36.4 Å². The Balaban J connectivity index is 1.38. The molecule has 1 aromatic carbocycles. The van der Waals surface area contributed by atoms with Gasteiger partial charge in [-0.3, -0.25) is 9.59 Å². The molecule has 4 aliphatic rings. The number of hydrogen-bond donors (Lipinski definition) is 1. The first kappa shape index (κ1) is 21.1. The van der Waals surface area contributed by atoms with Gasteiger partial charge in [0.1, 0.15) is 0 Å². The number of anilines is 1. The summed E-state index contributed by atoms with van der Waals surface area (Å²) >= 11 is 6.29. The summed E-state index contributed by atoms with van der Waals surface area (Å²) in [5.41, 5.74) is 0.795. The molecule has 1 aromatic rings. The molecule has 5 heteroatoms. The number of hydrogen-bond acceptors (Lipinski definition) is 2. The molecule has 0 radical (unpaired) electrons. The first-order chi connectivity index (χ1) is 14.8. The third kappa shape index (κ3) is 3.08. The lowest BCUT2D eigenvalue weighted by molar-refractivity contribution is -0.141. The second-order valence-corrected chi connectivity index (χ2v) is 11.2. The molecule has 1 heterocycles. The van der Waals surface area contributed by atoms with E-state index in [1.54, 1.807) is 6.08 Å². The van der Waals surface area contributed by atoms with E-state index in [0.717, 1.165) is 38.5 Å². The number of nitrogens with one attached hydrogen (secondary N) is 1. The Morgan fingerprint density at radius 3 is 2.65 bits per heavy atom. The maximum atomic E-state index is 13.3. The first-order valence-corrected chi connectivity index (χ1v) is 12.1. The van der Waals surface area contributed by atoms with Crippen LogP contribution in [0.5, 0.6) is 0 Å². The molecule has 0 bridgehead atoms. The van der Waals surface area contributed by atoms with Crippen molar-refractivity contribution in [3.63, 3.8) is 0 Å². The number of para-hydroxylation sites is 1. The van der Waals surface area contributed by atoms with Gasteiger partial charge in [0, 0.05) is 24.4 Å². The van der Waals surface area contributed by atoms with Crippen LogP contribution in [0.3, 0.4) is 0 Å². The van der Waals surface area contributed by atoms with E-state index >= 15 is 0 Å². The van der Waals surface area contributed by atoms with Crippen molar-refractivity contribution >= 4 is 29.1 Å². The molecule has 31 heavy (non-hydrogen) atoms. The van der Waals surface area contributed by atoms with E-state index in [0.29, 0.717) is 34.5 Å². The fraction of sp³-hybridized carbons (Fsp3) is 0.615. The molecular weight excluding hydrogens is 408 g/mol. The van der Waals surface area contributed by atoms with Gasteiger partial charge in [0.05, 0.1) is 10.7 Å². The molecule has 5 rings (SSSR count). The molecule has 166 valence electrons. The average Bonchev–Trinajstić information content (AvgIpc) is 3.10. The summed E-state index contributed by atoms with van der Waals surface area (Å²) in [4.78, 5) is 27.6. The van der Waals surface area contributed by atoms with Crippen molar-refractivity contribution in [3.8, 4) is 0 Å². The highest BCUT2D eigenvalue weighted by atomic mass is 35.5. The van der Waals surface area contributed by atoms with E-state index in [2.05, 4.69) is 25.2 Å². The van der Waals surface area contributed by atoms with Gasteiger partial charge in [0.2, 0.25) is 11.8 Å². The van der Waals surface area contributed by atoms with Gasteiger partial charge < -0.3 is 10.2 Å². The van der Waals surface area contributed by atoms with Crippen LogP contribution < -0.4 is 5.32 Å². The summed E-state index contributed by atoms with van der Waals surface area (Å²) in [6, 6.07) is 7.79. The SMILES string of the molecule is CN1C(=O)C=C[C@@]2(C)C1CC[C@H]1[C@@H]3CC[C@H](C(=O)Nc4ccccc4Cl)[C@@]3(C)CC[C@@H]12. The smallest absolute Gasteiger partial charge is 0.246 e. The summed E-state index contributed by atoms with van der Waals surface area (Å²) in [5.74, 6) is 2.08. The number of carbonyl (C=O) groups is 2. The predicted molar refractivity (Wildman–Crippen MR) is 124 cm³/mol. The minimum Gasteiger partial charge on any atom is -0.338 e. The Labute approximate surface area is 190 Å². The van der Waals surface area contributed by atoms with E-state index < -0.39 is 0 Å². The van der Waals surface area contributed by atoms with E-state index in [4.69, 9.17) is 11.6 Å². The molecule has 3 aliphatic carbocycles. The molecule has 4 nitrogen and oxygen atoms in total. The Kier molecular flexibility index (Phi) is 5.00. The van der Waals surface area contributed by atoms with E-state index in [9.17, 15) is 9.59 Å². The van der Waals surface area contributed by atoms with Crippen LogP contribution in [0, 0.1) is 34.5 Å². The lowest BCUT2D eigenvalue weighted by Gasteiger charge is -2.60. The second kappa shape index (κ2) is 7.37. The summed E-state index contributed by atoms with van der Waals surface area (Å²) in [5, 5.41) is 3.71. The molecule has 1 aliphatic heterocycles. The molecule has 2 amide bonds. The van der Waals surface area contributed by atoms with Gasteiger partial charge in [-0.25, -0.2) is 0 Å². The summed E-state index contributed by atoms with van der Waals surface area (Å²) < 4.78 is 0. The number of benzene rings is 1. The Hall–Kier alpha value is -1.81. The van der Waals surface area contributed by atoms with Crippen LogP contribution in [-0.4, -0.2) is 29.8 Å². The largest absolute Gasteiger partial charge is 0.338 e. The fourth-order valence-corrected chi connectivity index (χ4v) is 8.13. The molecule has 3 fully saturated rings. The van der Waals surface area contributed by atoms with Crippen LogP contribution in [0.4, 0.5) is 5.69 Å². The highest BCUT2D eigenvalue weighted by Crippen LogP contribution is 2.65. The second-order valence-electron chi connectivity index (χ2n) is 10.8. The van der Waals surface area contributed by atoms with Crippen molar-refractivity contribution in [1.82, 2.24) is 4.90 Å². The minimum atomic E-state index is 0.0337. The van der Waals surface area contributed by atoms with Crippen LogP contribution >= 0.6 is 11.6 Å². The van der Waals surface area contributed by atoms with Crippen molar-refractivity contribution in [2.75, 3.05) is 12.4 Å². The Morgan fingerprint density at radius 2 is 1.87 bits per heavy atom. The van der Waals surface area contributed by atoms with Crippen molar-refractivity contribution in [2.24, 2.45) is 34.5 Å². The maximum absolute atomic E-state index is 13.3. The average molecular weight is 441 g/mol. The lowest BCUT2D eigenvalue weighted by atomic mass is 9.47. The van der Waals surface area contributed by atoms with E-state index in [1.165, 1.54) is 0 Å². The number of halogens is 1. The van der Waals surface area contributed by atoms with Crippen molar-refractivity contribution in [1.29, 1.82) is 0 Å². The van der Waals surface area contributed by atoms with Gasteiger partial charge in [-0.2, -0.15) is 0 Å². The van der Waals surface area contributed by atoms with Crippen molar-refractivity contribution in [2.45, 2.75) is 58.4 Å².